The van der Waals surface area contributed by atoms with E-state index in [0.29, 0.717) is 12.5 Å². The molecule has 1 fully saturated rings. The van der Waals surface area contributed by atoms with Gasteiger partial charge in [0.05, 0.1) is 5.92 Å². The average Bonchev–Trinajstić information content (AvgIpc) is 2.70. The summed E-state index contributed by atoms with van der Waals surface area (Å²) in [4.78, 5) is 23.4. The summed E-state index contributed by atoms with van der Waals surface area (Å²) < 4.78 is 0. The second-order valence-corrected chi connectivity index (χ2v) is 6.98. The summed E-state index contributed by atoms with van der Waals surface area (Å²) >= 11 is 0. The van der Waals surface area contributed by atoms with Gasteiger partial charge in [0.1, 0.15) is 0 Å². The highest BCUT2D eigenvalue weighted by Gasteiger charge is 2.27. The highest BCUT2D eigenvalue weighted by atomic mass is 16.1. The van der Waals surface area contributed by atoms with Crippen LogP contribution in [-0.2, 0) is 11.2 Å². The van der Waals surface area contributed by atoms with Crippen molar-refractivity contribution in [2.24, 2.45) is 5.92 Å². The van der Waals surface area contributed by atoms with Crippen molar-refractivity contribution in [3.63, 3.8) is 0 Å². The highest BCUT2D eigenvalue weighted by molar-refractivity contribution is 5.93. The molecule has 1 aromatic carbocycles. The zero-order valence-corrected chi connectivity index (χ0v) is 15.5. The molecule has 0 radical (unpaired) electrons. The minimum absolute atomic E-state index is 0.0308. The summed E-state index contributed by atoms with van der Waals surface area (Å²) in [5.74, 6) is 0.766. The lowest BCUT2D eigenvalue weighted by Gasteiger charge is -2.31. The smallest absolute Gasteiger partial charge is 0.229 e. The van der Waals surface area contributed by atoms with Gasteiger partial charge in [0, 0.05) is 31.2 Å². The Morgan fingerprint density at radius 1 is 1.19 bits per heavy atom. The number of aromatic nitrogens is 2. The van der Waals surface area contributed by atoms with E-state index in [-0.39, 0.29) is 11.8 Å². The zero-order valence-electron chi connectivity index (χ0n) is 15.5. The quantitative estimate of drug-likeness (QED) is 0.763. The molecule has 3 rings (SSSR count). The van der Waals surface area contributed by atoms with Crippen LogP contribution < -0.4 is 10.2 Å². The number of carbonyl (C=O) groups excluding carboxylic acids is 1. The lowest BCUT2D eigenvalue weighted by Crippen LogP contribution is -2.41. The summed E-state index contributed by atoms with van der Waals surface area (Å²) in [5.41, 5.74) is 2.21. The second-order valence-electron chi connectivity index (χ2n) is 6.98. The van der Waals surface area contributed by atoms with Gasteiger partial charge in [0.25, 0.3) is 0 Å². The number of anilines is 2. The Morgan fingerprint density at radius 3 is 2.69 bits per heavy atom. The molecule has 5 heteroatoms. The minimum Gasteiger partial charge on any atom is -0.340 e. The van der Waals surface area contributed by atoms with Crippen molar-refractivity contribution in [3.05, 3.63) is 48.3 Å². The van der Waals surface area contributed by atoms with Gasteiger partial charge >= 0.3 is 0 Å². The summed E-state index contributed by atoms with van der Waals surface area (Å²) in [6.45, 7) is 3.79. The van der Waals surface area contributed by atoms with Gasteiger partial charge in [-0.15, -0.1) is 0 Å². The predicted molar refractivity (Wildman–Crippen MR) is 105 cm³/mol. The van der Waals surface area contributed by atoms with Crippen molar-refractivity contribution in [1.82, 2.24) is 9.97 Å². The molecule has 138 valence electrons. The summed E-state index contributed by atoms with van der Waals surface area (Å²) in [6, 6.07) is 10.1. The number of hydrogen-bond donors (Lipinski definition) is 1. The van der Waals surface area contributed by atoms with Gasteiger partial charge in [0.2, 0.25) is 11.9 Å². The third-order valence-electron chi connectivity index (χ3n) is 4.92. The molecule has 1 aliphatic rings. The van der Waals surface area contributed by atoms with Crippen LogP contribution in [0.3, 0.4) is 0 Å². The molecule has 0 spiro atoms. The van der Waals surface area contributed by atoms with Crippen LogP contribution in [0.5, 0.6) is 0 Å². The molecule has 0 bridgehead atoms. The van der Waals surface area contributed by atoms with Crippen LogP contribution in [0.15, 0.2) is 42.7 Å². The Kier molecular flexibility index (Phi) is 6.58. The molecule has 0 aliphatic carbocycles. The van der Waals surface area contributed by atoms with Crippen LogP contribution in [0.4, 0.5) is 11.6 Å². The van der Waals surface area contributed by atoms with E-state index in [9.17, 15) is 4.79 Å². The van der Waals surface area contributed by atoms with Crippen molar-refractivity contribution in [2.45, 2.75) is 45.4 Å². The van der Waals surface area contributed by atoms with Crippen molar-refractivity contribution < 1.29 is 4.79 Å². The van der Waals surface area contributed by atoms with E-state index in [1.54, 1.807) is 12.4 Å². The molecule has 1 amide bonds. The Balaban J connectivity index is 1.54. The normalized spacial score (nSPS) is 17.1. The fourth-order valence-corrected chi connectivity index (χ4v) is 3.41. The van der Waals surface area contributed by atoms with E-state index in [1.165, 1.54) is 24.8 Å². The fourth-order valence-electron chi connectivity index (χ4n) is 3.41. The first kappa shape index (κ1) is 18.4. The third-order valence-corrected chi connectivity index (χ3v) is 4.92. The van der Waals surface area contributed by atoms with Crippen molar-refractivity contribution in [2.75, 3.05) is 23.3 Å². The van der Waals surface area contributed by atoms with Crippen LogP contribution in [0.1, 0.15) is 44.6 Å². The average molecular weight is 352 g/mol. The third kappa shape index (κ3) is 5.04. The van der Waals surface area contributed by atoms with Gasteiger partial charge in [-0.1, -0.05) is 31.9 Å². The van der Waals surface area contributed by atoms with E-state index >= 15 is 0 Å². The van der Waals surface area contributed by atoms with Gasteiger partial charge in [-0.05, 0) is 49.4 Å². The molecule has 1 atom stereocenters. The van der Waals surface area contributed by atoms with Gasteiger partial charge < -0.3 is 10.2 Å². The van der Waals surface area contributed by atoms with Crippen molar-refractivity contribution >= 4 is 17.5 Å². The maximum absolute atomic E-state index is 12.7. The molecule has 1 aromatic heterocycles. The van der Waals surface area contributed by atoms with E-state index in [1.807, 2.05) is 18.2 Å². The molecule has 5 nitrogen and oxygen atoms in total. The van der Waals surface area contributed by atoms with Crippen LogP contribution in [0.2, 0.25) is 0 Å². The van der Waals surface area contributed by atoms with Crippen LogP contribution >= 0.6 is 0 Å². The molecular weight excluding hydrogens is 324 g/mol. The van der Waals surface area contributed by atoms with Crippen LogP contribution in [0.25, 0.3) is 0 Å². The number of piperidine rings is 1. The first-order chi connectivity index (χ1) is 12.8. The van der Waals surface area contributed by atoms with Crippen molar-refractivity contribution in [1.29, 1.82) is 0 Å². The number of nitrogens with zero attached hydrogens (tertiary/aromatic N) is 3. The second kappa shape index (κ2) is 9.32. The standard InChI is InChI=1S/C21H28N4O/c1-2-3-4-7-17-9-11-19(12-10-17)24-20(26)18-8-5-15-25(16-18)21-22-13-6-14-23-21/h6,9-14,18H,2-5,7-8,15-16H2,1H3,(H,24,26). The number of rotatable bonds is 7. The summed E-state index contributed by atoms with van der Waals surface area (Å²) in [7, 11) is 0. The number of unbranched alkanes of at least 4 members (excludes halogenated alkanes) is 2. The maximum atomic E-state index is 12.7. The van der Waals surface area contributed by atoms with Crippen LogP contribution in [-0.4, -0.2) is 29.0 Å². The maximum Gasteiger partial charge on any atom is 0.229 e. The lowest BCUT2D eigenvalue weighted by molar-refractivity contribution is -0.120. The monoisotopic (exact) mass is 352 g/mol. The number of benzene rings is 1. The van der Waals surface area contributed by atoms with Gasteiger partial charge in [-0.2, -0.15) is 0 Å². The molecule has 1 saturated heterocycles. The van der Waals surface area contributed by atoms with Gasteiger partial charge in [-0.25, -0.2) is 9.97 Å². The molecule has 0 saturated carbocycles. The fraction of sp³-hybridized carbons (Fsp3) is 0.476. The number of aryl methyl sites for hydroxylation is 1. The highest BCUT2D eigenvalue weighted by Crippen LogP contribution is 2.22. The Hall–Kier alpha value is -2.43. The number of amides is 1. The molecular formula is C21H28N4O. The molecule has 2 aromatic rings. The number of carbonyl (C=O) groups is 1. The number of nitrogens with one attached hydrogen (secondary N) is 1. The topological polar surface area (TPSA) is 58.1 Å². The van der Waals surface area contributed by atoms with Gasteiger partial charge in [-0.3, -0.25) is 4.79 Å². The van der Waals surface area contributed by atoms with Crippen LogP contribution in [0, 0.1) is 5.92 Å². The zero-order chi connectivity index (χ0) is 18.2. The van der Waals surface area contributed by atoms with Crippen molar-refractivity contribution in [3.8, 4) is 0 Å². The predicted octanol–water partition coefficient (Wildman–Crippen LogP) is 4.06. The molecule has 1 N–H and O–H groups in total. The molecule has 26 heavy (non-hydrogen) atoms. The van der Waals surface area contributed by atoms with E-state index < -0.39 is 0 Å². The molecule has 2 heterocycles. The Labute approximate surface area is 155 Å². The largest absolute Gasteiger partial charge is 0.340 e. The van der Waals surface area contributed by atoms with E-state index in [0.717, 1.165) is 31.5 Å². The summed E-state index contributed by atoms with van der Waals surface area (Å²) in [6.07, 6.45) is 10.2. The minimum atomic E-state index is -0.0308. The Bertz CT molecular complexity index is 687. The molecule has 1 aliphatic heterocycles. The summed E-state index contributed by atoms with van der Waals surface area (Å²) in [5, 5.41) is 3.07. The first-order valence-electron chi connectivity index (χ1n) is 9.68. The SMILES string of the molecule is CCCCCc1ccc(NC(=O)C2CCCN(c3ncccn3)C2)cc1. The number of hydrogen-bond acceptors (Lipinski definition) is 4. The van der Waals surface area contributed by atoms with E-state index in [4.69, 9.17) is 0 Å². The molecule has 1 unspecified atom stereocenters. The first-order valence-corrected chi connectivity index (χ1v) is 9.68. The Morgan fingerprint density at radius 2 is 1.96 bits per heavy atom. The van der Waals surface area contributed by atoms with E-state index in [2.05, 4.69) is 39.2 Å². The lowest BCUT2D eigenvalue weighted by atomic mass is 9.97. The van der Waals surface area contributed by atoms with Gasteiger partial charge in [0.15, 0.2) is 0 Å².